The van der Waals surface area contributed by atoms with E-state index in [1.165, 1.54) is 35.1 Å². The van der Waals surface area contributed by atoms with Crippen molar-refractivity contribution in [3.05, 3.63) is 83.4 Å². The molecule has 0 aromatic heterocycles. The van der Waals surface area contributed by atoms with Gasteiger partial charge in [-0.1, -0.05) is 93.4 Å². The highest BCUT2D eigenvalue weighted by molar-refractivity contribution is 5.90. The Morgan fingerprint density at radius 2 is 1.45 bits per heavy atom. The van der Waals surface area contributed by atoms with E-state index < -0.39 is 0 Å². The normalized spacial score (nSPS) is 12.5. The van der Waals surface area contributed by atoms with Crippen LogP contribution >= 0.6 is 0 Å². The van der Waals surface area contributed by atoms with E-state index in [9.17, 15) is 0 Å². The van der Waals surface area contributed by atoms with Crippen LogP contribution in [0.3, 0.4) is 0 Å². The Morgan fingerprint density at radius 1 is 0.818 bits per heavy atom. The highest BCUT2D eigenvalue weighted by Crippen LogP contribution is 2.29. The van der Waals surface area contributed by atoms with Crippen LogP contribution in [-0.4, -0.2) is 0 Å². The molecule has 0 heterocycles. The lowest BCUT2D eigenvalue weighted by Gasteiger charge is -2.13. The molecule has 0 bridgehead atoms. The van der Waals surface area contributed by atoms with Crippen LogP contribution in [0.1, 0.15) is 50.7 Å². The quantitative estimate of drug-likeness (QED) is 0.390. The molecule has 0 aliphatic carbocycles. The van der Waals surface area contributed by atoms with E-state index in [-0.39, 0.29) is 0 Å². The van der Waals surface area contributed by atoms with Gasteiger partial charge in [-0.2, -0.15) is 0 Å². The second-order valence-electron chi connectivity index (χ2n) is 5.60. The molecule has 0 aliphatic rings. The van der Waals surface area contributed by atoms with Gasteiger partial charge in [-0.3, -0.25) is 0 Å². The number of rotatable bonds is 7. The van der Waals surface area contributed by atoms with Crippen molar-refractivity contribution in [3.8, 4) is 0 Å². The van der Waals surface area contributed by atoms with E-state index in [0.717, 1.165) is 12.8 Å². The zero-order chi connectivity index (χ0) is 15.6. The van der Waals surface area contributed by atoms with E-state index in [1.54, 1.807) is 0 Å². The summed E-state index contributed by atoms with van der Waals surface area (Å²) in [6.45, 7) is 4.49. The maximum Gasteiger partial charge on any atom is -0.0149 e. The summed E-state index contributed by atoms with van der Waals surface area (Å²) in [5.41, 5.74) is 5.41. The second kappa shape index (κ2) is 9.04. The third-order valence-corrected chi connectivity index (χ3v) is 3.74. The molecule has 0 saturated heterocycles. The fourth-order valence-corrected chi connectivity index (χ4v) is 2.63. The van der Waals surface area contributed by atoms with E-state index in [2.05, 4.69) is 86.7 Å². The monoisotopic (exact) mass is 290 g/mol. The summed E-state index contributed by atoms with van der Waals surface area (Å²) >= 11 is 0. The van der Waals surface area contributed by atoms with Crippen LogP contribution in [0.2, 0.25) is 0 Å². The predicted molar refractivity (Wildman–Crippen MR) is 98.7 cm³/mol. The molecule has 0 unspecified atom stereocenters. The Bertz CT molecular complexity index is 603. The molecule has 114 valence electrons. The highest BCUT2D eigenvalue weighted by atomic mass is 14.1. The fraction of sp³-hybridized carbons (Fsp3) is 0.273. The van der Waals surface area contributed by atoms with E-state index in [0.29, 0.717) is 0 Å². The van der Waals surface area contributed by atoms with Gasteiger partial charge in [0, 0.05) is 0 Å². The minimum absolute atomic E-state index is 1.13. The van der Waals surface area contributed by atoms with Gasteiger partial charge >= 0.3 is 0 Å². The Hall–Kier alpha value is -2.08. The van der Waals surface area contributed by atoms with Crippen molar-refractivity contribution in [1.82, 2.24) is 0 Å². The minimum Gasteiger partial charge on any atom is -0.0807 e. The maximum atomic E-state index is 2.42. The fourth-order valence-electron chi connectivity index (χ4n) is 2.63. The predicted octanol–water partition coefficient (Wildman–Crippen LogP) is 6.75. The van der Waals surface area contributed by atoms with Crippen molar-refractivity contribution in [2.45, 2.75) is 39.5 Å². The van der Waals surface area contributed by atoms with Gasteiger partial charge in [-0.15, -0.1) is 0 Å². The zero-order valence-corrected chi connectivity index (χ0v) is 13.8. The van der Waals surface area contributed by atoms with E-state index in [4.69, 9.17) is 0 Å². The average molecular weight is 290 g/mol. The Balaban J connectivity index is 2.47. The molecule has 0 spiro atoms. The van der Waals surface area contributed by atoms with Crippen molar-refractivity contribution in [2.24, 2.45) is 0 Å². The van der Waals surface area contributed by atoms with Crippen LogP contribution in [0, 0.1) is 0 Å². The van der Waals surface area contributed by atoms with Crippen LogP contribution in [-0.2, 0) is 0 Å². The van der Waals surface area contributed by atoms with Gasteiger partial charge in [-0.25, -0.2) is 0 Å². The first-order valence-electron chi connectivity index (χ1n) is 8.36. The minimum atomic E-state index is 1.13. The summed E-state index contributed by atoms with van der Waals surface area (Å²) in [6, 6.07) is 21.4. The maximum absolute atomic E-state index is 2.42. The van der Waals surface area contributed by atoms with E-state index in [1.807, 2.05) is 0 Å². The Kier molecular flexibility index (Phi) is 6.70. The van der Waals surface area contributed by atoms with Crippen LogP contribution in [0.15, 0.2) is 72.3 Å². The lowest BCUT2D eigenvalue weighted by molar-refractivity contribution is 0.898. The zero-order valence-electron chi connectivity index (χ0n) is 13.8. The SMILES string of the molecule is CCC/C=C(CCC)/C(=C/c1ccccc1)c1ccccc1. The number of hydrogen-bond donors (Lipinski definition) is 0. The Morgan fingerprint density at radius 3 is 2.05 bits per heavy atom. The molecule has 2 aromatic rings. The summed E-state index contributed by atoms with van der Waals surface area (Å²) in [5.74, 6) is 0. The molecular formula is C22H26. The molecule has 0 atom stereocenters. The summed E-state index contributed by atoms with van der Waals surface area (Å²) in [5, 5.41) is 0. The van der Waals surface area contributed by atoms with Gasteiger partial charge in [0.15, 0.2) is 0 Å². The molecule has 22 heavy (non-hydrogen) atoms. The molecular weight excluding hydrogens is 264 g/mol. The van der Waals surface area contributed by atoms with Crippen molar-refractivity contribution >= 4 is 11.6 Å². The smallest absolute Gasteiger partial charge is 0.0149 e. The van der Waals surface area contributed by atoms with Gasteiger partial charge in [0.05, 0.1) is 0 Å². The summed E-state index contributed by atoms with van der Waals surface area (Å²) in [6.07, 6.45) is 9.40. The second-order valence-corrected chi connectivity index (χ2v) is 5.60. The standard InChI is InChI=1S/C22H26/c1-3-5-15-20(12-4-2)22(21-16-10-7-11-17-21)18-19-13-8-6-9-14-19/h6-11,13-18H,3-5,12H2,1-2H3/b20-15+,22-18-. The van der Waals surface area contributed by atoms with Gasteiger partial charge in [-0.05, 0) is 41.2 Å². The molecule has 0 N–H and O–H groups in total. The molecule has 0 saturated carbocycles. The lowest BCUT2D eigenvalue weighted by atomic mass is 9.92. The third-order valence-electron chi connectivity index (χ3n) is 3.74. The summed E-state index contributed by atoms with van der Waals surface area (Å²) < 4.78 is 0. The van der Waals surface area contributed by atoms with Gasteiger partial charge < -0.3 is 0 Å². The van der Waals surface area contributed by atoms with Crippen molar-refractivity contribution in [1.29, 1.82) is 0 Å². The molecule has 0 fully saturated rings. The molecule has 0 aliphatic heterocycles. The van der Waals surface area contributed by atoms with Gasteiger partial charge in [0.2, 0.25) is 0 Å². The first-order valence-corrected chi connectivity index (χ1v) is 8.36. The Labute approximate surface area is 135 Å². The topological polar surface area (TPSA) is 0 Å². The summed E-state index contributed by atoms with van der Waals surface area (Å²) in [7, 11) is 0. The number of hydrogen-bond acceptors (Lipinski definition) is 0. The van der Waals surface area contributed by atoms with Crippen LogP contribution in [0.25, 0.3) is 11.6 Å². The van der Waals surface area contributed by atoms with Gasteiger partial charge in [0.25, 0.3) is 0 Å². The number of allylic oxidation sites excluding steroid dienone is 3. The lowest BCUT2D eigenvalue weighted by Crippen LogP contribution is -1.91. The molecule has 0 nitrogen and oxygen atoms in total. The largest absolute Gasteiger partial charge is 0.0807 e. The summed E-state index contributed by atoms with van der Waals surface area (Å²) in [4.78, 5) is 0. The highest BCUT2D eigenvalue weighted by Gasteiger charge is 2.07. The van der Waals surface area contributed by atoms with Crippen LogP contribution < -0.4 is 0 Å². The van der Waals surface area contributed by atoms with Crippen LogP contribution in [0.5, 0.6) is 0 Å². The molecule has 2 rings (SSSR count). The molecule has 0 amide bonds. The number of unbranched alkanes of at least 4 members (excludes halogenated alkanes) is 1. The van der Waals surface area contributed by atoms with Gasteiger partial charge in [0.1, 0.15) is 0 Å². The molecule has 2 aromatic carbocycles. The van der Waals surface area contributed by atoms with E-state index >= 15 is 0 Å². The van der Waals surface area contributed by atoms with Crippen molar-refractivity contribution in [3.63, 3.8) is 0 Å². The molecule has 0 radical (unpaired) electrons. The number of benzene rings is 2. The van der Waals surface area contributed by atoms with Crippen molar-refractivity contribution < 1.29 is 0 Å². The first-order chi connectivity index (χ1) is 10.8. The third kappa shape index (κ3) is 4.73. The first kappa shape index (κ1) is 16.3. The van der Waals surface area contributed by atoms with Crippen LogP contribution in [0.4, 0.5) is 0 Å². The van der Waals surface area contributed by atoms with Crippen molar-refractivity contribution in [2.75, 3.05) is 0 Å². The average Bonchev–Trinajstić information content (AvgIpc) is 2.58. The molecule has 0 heteroatoms.